The Morgan fingerprint density at radius 3 is 2.36 bits per heavy atom. The third-order valence-corrected chi connectivity index (χ3v) is 5.05. The lowest BCUT2D eigenvalue weighted by molar-refractivity contribution is -0.114. The Morgan fingerprint density at radius 1 is 1.16 bits per heavy atom. The highest BCUT2D eigenvalue weighted by Gasteiger charge is 2.22. The van der Waals surface area contributed by atoms with Crippen LogP contribution in [0.4, 0.5) is 11.4 Å². The number of ether oxygens (including phenoxy) is 1. The van der Waals surface area contributed by atoms with Crippen molar-refractivity contribution >= 4 is 43.2 Å². The van der Waals surface area contributed by atoms with Gasteiger partial charge in [-0.15, -0.1) is 0 Å². The predicted octanol–water partition coefficient (Wildman–Crippen LogP) is 3.25. The molecule has 134 valence electrons. The zero-order valence-electron chi connectivity index (χ0n) is 13.9. The Morgan fingerprint density at radius 2 is 1.80 bits per heavy atom. The fraction of sp³-hybridized carbons (Fsp3) is 0.235. The van der Waals surface area contributed by atoms with Gasteiger partial charge in [0, 0.05) is 10.2 Å². The Bertz CT molecular complexity index is 838. The van der Waals surface area contributed by atoms with Crippen molar-refractivity contribution < 1.29 is 17.9 Å². The van der Waals surface area contributed by atoms with Gasteiger partial charge in [0.05, 0.1) is 18.6 Å². The lowest BCUT2D eigenvalue weighted by Crippen LogP contribution is -2.37. The molecule has 1 amide bonds. The lowest BCUT2D eigenvalue weighted by Gasteiger charge is -2.23. The Labute approximate surface area is 156 Å². The molecule has 8 heteroatoms. The summed E-state index contributed by atoms with van der Waals surface area (Å²) < 4.78 is 31.2. The first kappa shape index (κ1) is 19.3. The number of anilines is 2. The highest BCUT2D eigenvalue weighted by Crippen LogP contribution is 2.27. The normalized spacial score (nSPS) is 11.0. The zero-order valence-corrected chi connectivity index (χ0v) is 16.3. The maximum absolute atomic E-state index is 12.3. The predicted molar refractivity (Wildman–Crippen MR) is 103 cm³/mol. The molecule has 0 aliphatic heterocycles. The molecule has 6 nitrogen and oxygen atoms in total. The van der Waals surface area contributed by atoms with Crippen LogP contribution in [-0.2, 0) is 14.8 Å². The van der Waals surface area contributed by atoms with Crippen LogP contribution in [0.2, 0.25) is 0 Å². The number of sulfonamides is 1. The van der Waals surface area contributed by atoms with Gasteiger partial charge in [0.1, 0.15) is 12.3 Å². The second-order valence-corrected chi connectivity index (χ2v) is 7.99. The van der Waals surface area contributed by atoms with Gasteiger partial charge in [-0.25, -0.2) is 8.42 Å². The average Bonchev–Trinajstić information content (AvgIpc) is 2.55. The van der Waals surface area contributed by atoms with E-state index in [1.54, 1.807) is 48.5 Å². The number of hydrogen-bond acceptors (Lipinski definition) is 4. The van der Waals surface area contributed by atoms with E-state index in [0.29, 0.717) is 28.2 Å². The molecule has 0 aromatic heterocycles. The van der Waals surface area contributed by atoms with E-state index in [0.717, 1.165) is 10.6 Å². The topological polar surface area (TPSA) is 75.7 Å². The number of hydrogen-bond donors (Lipinski definition) is 1. The van der Waals surface area contributed by atoms with E-state index >= 15 is 0 Å². The number of amides is 1. The lowest BCUT2D eigenvalue weighted by atomic mass is 10.3. The molecule has 0 fully saturated rings. The van der Waals surface area contributed by atoms with Crippen LogP contribution in [0.5, 0.6) is 5.75 Å². The minimum Gasteiger partial charge on any atom is -0.494 e. The zero-order chi connectivity index (χ0) is 18.4. The first-order valence-corrected chi connectivity index (χ1v) is 10.2. The smallest absolute Gasteiger partial charge is 0.245 e. The molecule has 0 heterocycles. The SMILES string of the molecule is CCOc1ccc(NC(=O)CN(c2ccccc2Br)S(C)(=O)=O)cc1. The largest absolute Gasteiger partial charge is 0.494 e. The number of carbonyl (C=O) groups is 1. The molecule has 0 saturated heterocycles. The number of benzene rings is 2. The van der Waals surface area contributed by atoms with E-state index in [2.05, 4.69) is 21.2 Å². The van der Waals surface area contributed by atoms with Crippen LogP contribution < -0.4 is 14.4 Å². The van der Waals surface area contributed by atoms with Crippen LogP contribution in [0, 0.1) is 0 Å². The molecule has 0 spiro atoms. The van der Waals surface area contributed by atoms with E-state index in [9.17, 15) is 13.2 Å². The van der Waals surface area contributed by atoms with Crippen molar-refractivity contribution in [2.75, 3.05) is 29.0 Å². The summed E-state index contributed by atoms with van der Waals surface area (Å²) in [6, 6.07) is 13.7. The van der Waals surface area contributed by atoms with Gasteiger partial charge >= 0.3 is 0 Å². The van der Waals surface area contributed by atoms with Gasteiger partial charge in [-0.05, 0) is 59.3 Å². The van der Waals surface area contributed by atoms with Crippen LogP contribution >= 0.6 is 15.9 Å². The van der Waals surface area contributed by atoms with E-state index in [4.69, 9.17) is 4.74 Å². The second-order valence-electron chi connectivity index (χ2n) is 5.23. The monoisotopic (exact) mass is 426 g/mol. The van der Waals surface area contributed by atoms with Crippen molar-refractivity contribution in [3.63, 3.8) is 0 Å². The van der Waals surface area contributed by atoms with Crippen molar-refractivity contribution in [1.29, 1.82) is 0 Å². The number of para-hydroxylation sites is 1. The van der Waals surface area contributed by atoms with E-state index in [-0.39, 0.29) is 6.54 Å². The first-order chi connectivity index (χ1) is 11.8. The van der Waals surface area contributed by atoms with Crippen molar-refractivity contribution in [1.82, 2.24) is 0 Å². The summed E-state index contributed by atoms with van der Waals surface area (Å²) in [4.78, 5) is 12.3. The van der Waals surface area contributed by atoms with Crippen LogP contribution in [0.25, 0.3) is 0 Å². The molecule has 0 bridgehead atoms. The van der Waals surface area contributed by atoms with E-state index < -0.39 is 15.9 Å². The van der Waals surface area contributed by atoms with Gasteiger partial charge in [-0.1, -0.05) is 12.1 Å². The molecular weight excluding hydrogens is 408 g/mol. The third kappa shape index (κ3) is 5.47. The molecule has 1 N–H and O–H groups in total. The highest BCUT2D eigenvalue weighted by molar-refractivity contribution is 9.10. The standard InChI is InChI=1S/C17H19BrN2O4S/c1-3-24-14-10-8-13(9-11-14)19-17(21)12-20(25(2,22)23)16-7-5-4-6-15(16)18/h4-11H,3,12H2,1-2H3,(H,19,21). The van der Waals surface area contributed by atoms with Crippen molar-refractivity contribution in [2.45, 2.75) is 6.92 Å². The Balaban J connectivity index is 2.14. The summed E-state index contributed by atoms with van der Waals surface area (Å²) in [5.41, 5.74) is 0.973. The fourth-order valence-corrected chi connectivity index (χ4v) is 3.65. The molecule has 0 aliphatic carbocycles. The molecule has 2 aromatic carbocycles. The second kappa shape index (κ2) is 8.35. The molecule has 0 radical (unpaired) electrons. The van der Waals surface area contributed by atoms with Crippen LogP contribution in [0.3, 0.4) is 0 Å². The van der Waals surface area contributed by atoms with Gasteiger partial charge in [0.15, 0.2) is 0 Å². The first-order valence-electron chi connectivity index (χ1n) is 7.56. The van der Waals surface area contributed by atoms with Gasteiger partial charge in [-0.2, -0.15) is 0 Å². The number of nitrogens with zero attached hydrogens (tertiary/aromatic N) is 1. The van der Waals surface area contributed by atoms with E-state index in [1.165, 1.54) is 0 Å². The van der Waals surface area contributed by atoms with Gasteiger partial charge < -0.3 is 10.1 Å². The summed E-state index contributed by atoms with van der Waals surface area (Å²) in [6.45, 7) is 2.12. The third-order valence-electron chi connectivity index (χ3n) is 3.26. The summed E-state index contributed by atoms with van der Waals surface area (Å²) in [6.07, 6.45) is 1.07. The van der Waals surface area contributed by atoms with Crippen LogP contribution in [0.15, 0.2) is 53.0 Å². The average molecular weight is 427 g/mol. The maximum Gasteiger partial charge on any atom is 0.245 e. The summed E-state index contributed by atoms with van der Waals surface area (Å²) in [7, 11) is -3.62. The number of halogens is 1. The quantitative estimate of drug-likeness (QED) is 0.736. The molecule has 0 atom stereocenters. The summed E-state index contributed by atoms with van der Waals surface area (Å²) >= 11 is 3.32. The van der Waals surface area contributed by atoms with Crippen LogP contribution in [0.1, 0.15) is 6.92 Å². The number of nitrogens with one attached hydrogen (secondary N) is 1. The molecule has 0 unspecified atom stereocenters. The molecular formula is C17H19BrN2O4S. The van der Waals surface area contributed by atoms with Crippen LogP contribution in [-0.4, -0.2) is 33.7 Å². The minimum absolute atomic E-state index is 0.325. The molecule has 0 saturated carbocycles. The van der Waals surface area contributed by atoms with Gasteiger partial charge in [0.2, 0.25) is 15.9 Å². The van der Waals surface area contributed by atoms with Crippen molar-refractivity contribution in [3.8, 4) is 5.75 Å². The highest BCUT2D eigenvalue weighted by atomic mass is 79.9. The molecule has 2 aromatic rings. The van der Waals surface area contributed by atoms with Gasteiger partial charge in [-0.3, -0.25) is 9.10 Å². The number of carbonyl (C=O) groups excluding carboxylic acids is 1. The van der Waals surface area contributed by atoms with Gasteiger partial charge in [0.25, 0.3) is 0 Å². The van der Waals surface area contributed by atoms with E-state index in [1.807, 2.05) is 6.92 Å². The summed E-state index contributed by atoms with van der Waals surface area (Å²) in [5.74, 6) is 0.261. The van der Waals surface area contributed by atoms with Crippen molar-refractivity contribution in [2.24, 2.45) is 0 Å². The fourth-order valence-electron chi connectivity index (χ4n) is 2.17. The molecule has 25 heavy (non-hydrogen) atoms. The number of rotatable bonds is 7. The van der Waals surface area contributed by atoms with Crippen molar-refractivity contribution in [3.05, 3.63) is 53.0 Å². The Kier molecular flexibility index (Phi) is 6.44. The maximum atomic E-state index is 12.3. The molecule has 0 aliphatic rings. The minimum atomic E-state index is -3.62. The summed E-state index contributed by atoms with van der Waals surface area (Å²) in [5, 5.41) is 2.69. The molecule has 2 rings (SSSR count). The Hall–Kier alpha value is -2.06.